The van der Waals surface area contributed by atoms with Crippen LogP contribution in [0.4, 0.5) is 24.5 Å². The van der Waals surface area contributed by atoms with E-state index in [2.05, 4.69) is 4.90 Å². The van der Waals surface area contributed by atoms with Crippen LogP contribution in [-0.2, 0) is 6.18 Å². The summed E-state index contributed by atoms with van der Waals surface area (Å²) in [7, 11) is 2.00. The van der Waals surface area contributed by atoms with Crippen molar-refractivity contribution in [2.45, 2.75) is 32.1 Å². The van der Waals surface area contributed by atoms with Crippen LogP contribution in [0.25, 0.3) is 0 Å². The molecule has 0 saturated carbocycles. The number of nitrogen functional groups attached to an aromatic ring is 1. The van der Waals surface area contributed by atoms with E-state index < -0.39 is 11.7 Å². The second kappa shape index (κ2) is 5.16. The van der Waals surface area contributed by atoms with E-state index in [9.17, 15) is 13.2 Å². The normalized spacial score (nSPS) is 25.0. The summed E-state index contributed by atoms with van der Waals surface area (Å²) in [5.74, 6) is 0. The fraction of sp³-hybridized carbons (Fsp3) is 0.571. The summed E-state index contributed by atoms with van der Waals surface area (Å²) in [4.78, 5) is 3.98. The molecule has 1 aromatic rings. The smallest absolute Gasteiger partial charge is 0.399 e. The molecule has 0 spiro atoms. The monoisotopic (exact) mass is 287 g/mol. The SMILES string of the molecule is C[C@@H]1CN(c2ccc(N)cc2C(F)(F)F)C[C@H](C)N1C. The highest BCUT2D eigenvalue weighted by Crippen LogP contribution is 2.38. The zero-order chi connectivity index (χ0) is 15.1. The summed E-state index contributed by atoms with van der Waals surface area (Å²) in [5.41, 5.74) is 5.21. The fourth-order valence-corrected chi connectivity index (χ4v) is 2.66. The second-order valence-corrected chi connectivity index (χ2v) is 5.54. The zero-order valence-corrected chi connectivity index (χ0v) is 11.9. The average molecular weight is 287 g/mol. The summed E-state index contributed by atoms with van der Waals surface area (Å²) in [6.07, 6.45) is -4.39. The fourth-order valence-electron chi connectivity index (χ4n) is 2.66. The Balaban J connectivity index is 2.38. The van der Waals surface area contributed by atoms with Gasteiger partial charge >= 0.3 is 6.18 Å². The van der Waals surface area contributed by atoms with Crippen LogP contribution in [0.2, 0.25) is 0 Å². The van der Waals surface area contributed by atoms with Crippen LogP contribution in [-0.4, -0.2) is 37.1 Å². The molecule has 1 aromatic carbocycles. The molecule has 1 aliphatic heterocycles. The van der Waals surface area contributed by atoms with Gasteiger partial charge in [0.15, 0.2) is 0 Å². The highest BCUT2D eigenvalue weighted by Gasteiger charge is 2.37. The summed E-state index contributed by atoms with van der Waals surface area (Å²) in [6.45, 7) is 5.20. The van der Waals surface area contributed by atoms with Gasteiger partial charge in [-0.3, -0.25) is 4.90 Å². The Morgan fingerprint density at radius 2 is 1.70 bits per heavy atom. The van der Waals surface area contributed by atoms with Gasteiger partial charge < -0.3 is 10.6 Å². The Hall–Kier alpha value is -1.43. The molecular formula is C14H20F3N3. The molecule has 112 valence electrons. The van der Waals surface area contributed by atoms with E-state index >= 15 is 0 Å². The van der Waals surface area contributed by atoms with Crippen molar-refractivity contribution < 1.29 is 13.2 Å². The van der Waals surface area contributed by atoms with Crippen molar-refractivity contribution >= 4 is 11.4 Å². The molecule has 1 fully saturated rings. The Morgan fingerprint density at radius 3 is 2.20 bits per heavy atom. The van der Waals surface area contributed by atoms with Gasteiger partial charge in [0, 0.05) is 36.5 Å². The van der Waals surface area contributed by atoms with Crippen molar-refractivity contribution in [1.82, 2.24) is 4.90 Å². The maximum atomic E-state index is 13.2. The largest absolute Gasteiger partial charge is 0.418 e. The van der Waals surface area contributed by atoms with Gasteiger partial charge in [0.2, 0.25) is 0 Å². The summed E-state index contributed by atoms with van der Waals surface area (Å²) < 4.78 is 39.5. The molecule has 0 unspecified atom stereocenters. The van der Waals surface area contributed by atoms with Gasteiger partial charge in [0.1, 0.15) is 0 Å². The van der Waals surface area contributed by atoms with Crippen LogP contribution >= 0.6 is 0 Å². The third-order valence-electron chi connectivity index (χ3n) is 4.03. The van der Waals surface area contributed by atoms with Gasteiger partial charge in [-0.25, -0.2) is 0 Å². The lowest BCUT2D eigenvalue weighted by molar-refractivity contribution is -0.137. The predicted octanol–water partition coefficient (Wildman–Crippen LogP) is 2.82. The van der Waals surface area contributed by atoms with Crippen LogP contribution in [0, 0.1) is 0 Å². The van der Waals surface area contributed by atoms with Crippen molar-refractivity contribution in [1.29, 1.82) is 0 Å². The molecule has 3 nitrogen and oxygen atoms in total. The molecule has 0 bridgehead atoms. The summed E-state index contributed by atoms with van der Waals surface area (Å²) >= 11 is 0. The minimum atomic E-state index is -4.39. The van der Waals surface area contributed by atoms with Crippen LogP contribution in [0.15, 0.2) is 18.2 Å². The predicted molar refractivity (Wildman–Crippen MR) is 74.8 cm³/mol. The van der Waals surface area contributed by atoms with Crippen LogP contribution in [0.3, 0.4) is 0 Å². The molecule has 2 N–H and O–H groups in total. The average Bonchev–Trinajstić information content (AvgIpc) is 2.34. The third kappa shape index (κ3) is 2.85. The first-order chi connectivity index (χ1) is 9.20. The van der Waals surface area contributed by atoms with Gasteiger partial charge in [0.05, 0.1) is 5.56 Å². The van der Waals surface area contributed by atoms with Crippen LogP contribution in [0.1, 0.15) is 19.4 Å². The molecule has 0 radical (unpaired) electrons. The van der Waals surface area contributed by atoms with E-state index in [1.165, 1.54) is 12.1 Å². The topological polar surface area (TPSA) is 32.5 Å². The Bertz CT molecular complexity index is 475. The maximum absolute atomic E-state index is 13.2. The molecule has 0 aromatic heterocycles. The zero-order valence-electron chi connectivity index (χ0n) is 11.9. The Labute approximate surface area is 117 Å². The highest BCUT2D eigenvalue weighted by atomic mass is 19.4. The van der Waals surface area contributed by atoms with E-state index in [-0.39, 0.29) is 23.5 Å². The number of anilines is 2. The minimum absolute atomic E-state index is 0.135. The maximum Gasteiger partial charge on any atom is 0.418 e. The standard InChI is InChI=1S/C14H20F3N3/c1-9-7-20(8-10(2)19(9)3)13-5-4-11(18)6-12(13)14(15,16)17/h4-6,9-10H,7-8,18H2,1-3H3/t9-,10+. The second-order valence-electron chi connectivity index (χ2n) is 5.54. The van der Waals surface area contributed by atoms with Crippen molar-refractivity contribution in [2.75, 3.05) is 30.8 Å². The number of hydrogen-bond acceptors (Lipinski definition) is 3. The number of benzene rings is 1. The molecule has 1 heterocycles. The first kappa shape index (κ1) is 15.0. The summed E-state index contributed by atoms with van der Waals surface area (Å²) in [6, 6.07) is 4.43. The molecule has 2 rings (SSSR count). The molecule has 6 heteroatoms. The first-order valence-electron chi connectivity index (χ1n) is 6.63. The van der Waals surface area contributed by atoms with Crippen LogP contribution < -0.4 is 10.6 Å². The lowest BCUT2D eigenvalue weighted by atomic mass is 10.0. The van der Waals surface area contributed by atoms with E-state index in [1.54, 1.807) is 4.90 Å². The van der Waals surface area contributed by atoms with Gasteiger partial charge in [-0.2, -0.15) is 13.2 Å². The molecule has 1 saturated heterocycles. The third-order valence-corrected chi connectivity index (χ3v) is 4.03. The van der Waals surface area contributed by atoms with E-state index in [0.29, 0.717) is 13.1 Å². The van der Waals surface area contributed by atoms with Crippen molar-refractivity contribution in [3.63, 3.8) is 0 Å². The Morgan fingerprint density at radius 1 is 1.15 bits per heavy atom. The minimum Gasteiger partial charge on any atom is -0.399 e. The van der Waals surface area contributed by atoms with Gasteiger partial charge in [-0.05, 0) is 39.1 Å². The van der Waals surface area contributed by atoms with Crippen molar-refractivity contribution in [3.05, 3.63) is 23.8 Å². The number of alkyl halides is 3. The van der Waals surface area contributed by atoms with Gasteiger partial charge in [0.25, 0.3) is 0 Å². The van der Waals surface area contributed by atoms with Gasteiger partial charge in [-0.1, -0.05) is 0 Å². The number of hydrogen-bond donors (Lipinski definition) is 1. The lowest BCUT2D eigenvalue weighted by Gasteiger charge is -2.44. The summed E-state index contributed by atoms with van der Waals surface area (Å²) in [5, 5.41) is 0. The van der Waals surface area contributed by atoms with Gasteiger partial charge in [-0.15, -0.1) is 0 Å². The number of halogens is 3. The van der Waals surface area contributed by atoms with Crippen LogP contribution in [0.5, 0.6) is 0 Å². The van der Waals surface area contributed by atoms with Crippen molar-refractivity contribution in [2.24, 2.45) is 0 Å². The molecule has 20 heavy (non-hydrogen) atoms. The molecule has 2 atom stereocenters. The number of rotatable bonds is 1. The number of nitrogens with zero attached hydrogens (tertiary/aromatic N) is 2. The first-order valence-corrected chi connectivity index (χ1v) is 6.63. The van der Waals surface area contributed by atoms with E-state index in [1.807, 2.05) is 20.9 Å². The van der Waals surface area contributed by atoms with Crippen molar-refractivity contribution in [3.8, 4) is 0 Å². The molecular weight excluding hydrogens is 267 g/mol. The molecule has 0 aliphatic carbocycles. The van der Waals surface area contributed by atoms with E-state index in [4.69, 9.17) is 5.73 Å². The number of nitrogens with two attached hydrogens (primary N) is 1. The number of piperazine rings is 1. The molecule has 1 aliphatic rings. The number of likely N-dealkylation sites (N-methyl/N-ethyl adjacent to an activating group) is 1. The highest BCUT2D eigenvalue weighted by molar-refractivity contribution is 5.61. The quantitative estimate of drug-likeness (QED) is 0.806. The lowest BCUT2D eigenvalue weighted by Crippen LogP contribution is -2.55. The molecule has 0 amide bonds. The van der Waals surface area contributed by atoms with E-state index in [0.717, 1.165) is 6.07 Å². The Kier molecular flexibility index (Phi) is 3.86.